The van der Waals surface area contributed by atoms with Crippen molar-refractivity contribution in [2.75, 3.05) is 39.4 Å². The van der Waals surface area contributed by atoms with Crippen LogP contribution in [0.3, 0.4) is 0 Å². The molecule has 1 N–H and O–H groups in total. The standard InChI is InChI=1S/C13H26N2O/c1-4-13(5-6-14-9-13)10-15-7-8-16-11-12(15,2)3/h14H,4-11H2,1-3H3. The van der Waals surface area contributed by atoms with Crippen LogP contribution in [0.15, 0.2) is 0 Å². The van der Waals surface area contributed by atoms with Crippen molar-refractivity contribution in [2.24, 2.45) is 5.41 Å². The number of hydrogen-bond acceptors (Lipinski definition) is 3. The van der Waals surface area contributed by atoms with E-state index in [-0.39, 0.29) is 5.54 Å². The van der Waals surface area contributed by atoms with Crippen LogP contribution in [0.5, 0.6) is 0 Å². The smallest absolute Gasteiger partial charge is 0.0645 e. The third kappa shape index (κ3) is 2.41. The van der Waals surface area contributed by atoms with E-state index in [2.05, 4.69) is 31.0 Å². The normalized spacial score (nSPS) is 35.4. The highest BCUT2D eigenvalue weighted by molar-refractivity contribution is 4.94. The van der Waals surface area contributed by atoms with E-state index in [9.17, 15) is 0 Å². The van der Waals surface area contributed by atoms with Crippen molar-refractivity contribution in [1.29, 1.82) is 0 Å². The zero-order valence-corrected chi connectivity index (χ0v) is 11.0. The Balaban J connectivity index is 2.01. The van der Waals surface area contributed by atoms with Crippen LogP contribution >= 0.6 is 0 Å². The fourth-order valence-corrected chi connectivity index (χ4v) is 2.93. The molecule has 2 aliphatic rings. The van der Waals surface area contributed by atoms with Crippen LogP contribution in [0.2, 0.25) is 0 Å². The Morgan fingerprint density at radius 2 is 2.19 bits per heavy atom. The number of ether oxygens (including phenoxy) is 1. The van der Waals surface area contributed by atoms with Gasteiger partial charge in [-0.3, -0.25) is 4.90 Å². The minimum absolute atomic E-state index is 0.211. The summed E-state index contributed by atoms with van der Waals surface area (Å²) in [4.78, 5) is 2.63. The van der Waals surface area contributed by atoms with Gasteiger partial charge in [-0.1, -0.05) is 6.92 Å². The second-order valence-electron chi connectivity index (χ2n) is 6.07. The molecule has 0 amide bonds. The molecule has 0 radical (unpaired) electrons. The third-order valence-electron chi connectivity index (χ3n) is 4.43. The van der Waals surface area contributed by atoms with Gasteiger partial charge < -0.3 is 10.1 Å². The Morgan fingerprint density at radius 3 is 2.75 bits per heavy atom. The van der Waals surface area contributed by atoms with Gasteiger partial charge in [0.15, 0.2) is 0 Å². The summed E-state index contributed by atoms with van der Waals surface area (Å²) in [7, 11) is 0. The van der Waals surface area contributed by atoms with Crippen molar-refractivity contribution in [3.8, 4) is 0 Å². The largest absolute Gasteiger partial charge is 0.378 e. The lowest BCUT2D eigenvalue weighted by Gasteiger charge is -2.46. The second-order valence-corrected chi connectivity index (χ2v) is 6.07. The number of morpholine rings is 1. The summed E-state index contributed by atoms with van der Waals surface area (Å²) in [5.41, 5.74) is 0.720. The fraction of sp³-hybridized carbons (Fsp3) is 1.00. The molecular formula is C13H26N2O. The van der Waals surface area contributed by atoms with Crippen LogP contribution in [-0.2, 0) is 4.74 Å². The monoisotopic (exact) mass is 226 g/mol. The Labute approximate surface area is 99.5 Å². The highest BCUT2D eigenvalue weighted by Crippen LogP contribution is 2.33. The number of hydrogen-bond donors (Lipinski definition) is 1. The summed E-state index contributed by atoms with van der Waals surface area (Å²) in [6.07, 6.45) is 2.62. The topological polar surface area (TPSA) is 24.5 Å². The lowest BCUT2D eigenvalue weighted by molar-refractivity contribution is -0.0667. The van der Waals surface area contributed by atoms with Crippen LogP contribution in [-0.4, -0.2) is 49.8 Å². The van der Waals surface area contributed by atoms with E-state index < -0.39 is 0 Å². The van der Waals surface area contributed by atoms with Crippen molar-refractivity contribution in [2.45, 2.75) is 39.2 Å². The molecular weight excluding hydrogens is 200 g/mol. The maximum absolute atomic E-state index is 5.59. The van der Waals surface area contributed by atoms with Crippen LogP contribution in [0.4, 0.5) is 0 Å². The molecule has 2 fully saturated rings. The van der Waals surface area contributed by atoms with E-state index in [1.54, 1.807) is 0 Å². The molecule has 0 aromatic carbocycles. The Hall–Kier alpha value is -0.120. The summed E-state index contributed by atoms with van der Waals surface area (Å²) >= 11 is 0. The van der Waals surface area contributed by atoms with Crippen LogP contribution < -0.4 is 5.32 Å². The Morgan fingerprint density at radius 1 is 1.38 bits per heavy atom. The van der Waals surface area contributed by atoms with Crippen molar-refractivity contribution in [1.82, 2.24) is 10.2 Å². The van der Waals surface area contributed by atoms with Gasteiger partial charge in [-0.25, -0.2) is 0 Å². The zero-order chi connectivity index (χ0) is 11.6. The first-order valence-electron chi connectivity index (χ1n) is 6.62. The van der Waals surface area contributed by atoms with Crippen LogP contribution in [0, 0.1) is 5.41 Å². The number of nitrogens with zero attached hydrogens (tertiary/aromatic N) is 1. The first-order valence-corrected chi connectivity index (χ1v) is 6.62. The van der Waals surface area contributed by atoms with Gasteiger partial charge in [0.2, 0.25) is 0 Å². The molecule has 2 saturated heterocycles. The highest BCUT2D eigenvalue weighted by atomic mass is 16.5. The Kier molecular flexibility index (Phi) is 3.57. The van der Waals surface area contributed by atoms with Crippen molar-refractivity contribution in [3.63, 3.8) is 0 Å². The molecule has 2 heterocycles. The van der Waals surface area contributed by atoms with E-state index in [1.165, 1.54) is 32.5 Å². The Bertz CT molecular complexity index is 234. The lowest BCUT2D eigenvalue weighted by Crippen LogP contribution is -2.56. The number of nitrogens with one attached hydrogen (secondary N) is 1. The molecule has 1 unspecified atom stereocenters. The molecule has 1 atom stereocenters. The van der Waals surface area contributed by atoms with E-state index in [0.29, 0.717) is 5.41 Å². The molecule has 0 aliphatic carbocycles. The highest BCUT2D eigenvalue weighted by Gasteiger charge is 2.39. The quantitative estimate of drug-likeness (QED) is 0.789. The van der Waals surface area contributed by atoms with Gasteiger partial charge in [-0.05, 0) is 38.6 Å². The van der Waals surface area contributed by atoms with Gasteiger partial charge in [0, 0.05) is 25.2 Å². The fourth-order valence-electron chi connectivity index (χ4n) is 2.93. The first-order chi connectivity index (χ1) is 7.58. The summed E-state index contributed by atoms with van der Waals surface area (Å²) in [6, 6.07) is 0. The van der Waals surface area contributed by atoms with E-state index in [4.69, 9.17) is 4.74 Å². The predicted molar refractivity (Wildman–Crippen MR) is 66.7 cm³/mol. The zero-order valence-electron chi connectivity index (χ0n) is 11.0. The predicted octanol–water partition coefficient (Wildman–Crippen LogP) is 1.49. The van der Waals surface area contributed by atoms with Crippen LogP contribution in [0.25, 0.3) is 0 Å². The molecule has 94 valence electrons. The summed E-state index contributed by atoms with van der Waals surface area (Å²) in [6.45, 7) is 13.4. The maximum atomic E-state index is 5.59. The average molecular weight is 226 g/mol. The van der Waals surface area contributed by atoms with E-state index in [0.717, 1.165) is 19.8 Å². The molecule has 0 aromatic rings. The van der Waals surface area contributed by atoms with Gasteiger partial charge >= 0.3 is 0 Å². The summed E-state index contributed by atoms with van der Waals surface area (Å²) in [5, 5.41) is 3.52. The SMILES string of the molecule is CCC1(CN2CCOCC2(C)C)CCNC1. The van der Waals surface area contributed by atoms with Crippen molar-refractivity contribution >= 4 is 0 Å². The van der Waals surface area contributed by atoms with Gasteiger partial charge in [-0.2, -0.15) is 0 Å². The summed E-state index contributed by atoms with van der Waals surface area (Å²) in [5.74, 6) is 0. The molecule has 0 aromatic heterocycles. The van der Waals surface area contributed by atoms with E-state index >= 15 is 0 Å². The molecule has 16 heavy (non-hydrogen) atoms. The van der Waals surface area contributed by atoms with E-state index in [1.807, 2.05) is 0 Å². The van der Waals surface area contributed by atoms with Gasteiger partial charge in [0.1, 0.15) is 0 Å². The maximum Gasteiger partial charge on any atom is 0.0645 e. The summed E-state index contributed by atoms with van der Waals surface area (Å²) < 4.78 is 5.59. The molecule has 2 rings (SSSR count). The molecule has 3 heteroatoms. The van der Waals surface area contributed by atoms with Gasteiger partial charge in [0.05, 0.1) is 13.2 Å². The molecule has 3 nitrogen and oxygen atoms in total. The third-order valence-corrected chi connectivity index (χ3v) is 4.43. The second kappa shape index (κ2) is 4.63. The minimum Gasteiger partial charge on any atom is -0.378 e. The minimum atomic E-state index is 0.211. The lowest BCUT2D eigenvalue weighted by atomic mass is 9.82. The number of rotatable bonds is 3. The molecule has 0 saturated carbocycles. The molecule has 0 spiro atoms. The first kappa shape index (κ1) is 12.3. The van der Waals surface area contributed by atoms with Gasteiger partial charge in [-0.15, -0.1) is 0 Å². The molecule has 2 aliphatic heterocycles. The average Bonchev–Trinajstić information content (AvgIpc) is 2.71. The van der Waals surface area contributed by atoms with Crippen LogP contribution in [0.1, 0.15) is 33.6 Å². The van der Waals surface area contributed by atoms with Gasteiger partial charge in [0.25, 0.3) is 0 Å². The van der Waals surface area contributed by atoms with Crippen molar-refractivity contribution in [3.05, 3.63) is 0 Å². The molecule has 0 bridgehead atoms. The van der Waals surface area contributed by atoms with Crippen molar-refractivity contribution < 1.29 is 4.74 Å².